The van der Waals surface area contributed by atoms with E-state index >= 15 is 0 Å². The van der Waals surface area contributed by atoms with E-state index in [1.165, 1.54) is 0 Å². The molecule has 0 aromatic rings. The average molecular weight is 279 g/mol. The van der Waals surface area contributed by atoms with E-state index in [2.05, 4.69) is 5.32 Å². The SMILES string of the molecule is CSC(C#N)C(=O)NC1CN(S(=O)(=O)O)C1=O. The highest BCUT2D eigenvalue weighted by molar-refractivity contribution is 8.00. The third-order valence-corrected chi connectivity index (χ3v) is 3.76. The summed E-state index contributed by atoms with van der Waals surface area (Å²) in [5.41, 5.74) is 0. The maximum atomic E-state index is 11.4. The van der Waals surface area contributed by atoms with Crippen molar-refractivity contribution >= 4 is 33.9 Å². The van der Waals surface area contributed by atoms with Gasteiger partial charge in [-0.1, -0.05) is 0 Å². The number of nitrogens with one attached hydrogen (secondary N) is 1. The highest BCUT2D eigenvalue weighted by atomic mass is 32.2. The first-order valence-corrected chi connectivity index (χ1v) is 7.01. The Labute approximate surface area is 102 Å². The van der Waals surface area contributed by atoms with Gasteiger partial charge in [-0.3, -0.25) is 14.1 Å². The lowest BCUT2D eigenvalue weighted by Gasteiger charge is -2.35. The van der Waals surface area contributed by atoms with Gasteiger partial charge in [0.1, 0.15) is 6.04 Å². The van der Waals surface area contributed by atoms with E-state index in [4.69, 9.17) is 9.81 Å². The molecule has 2 unspecified atom stereocenters. The van der Waals surface area contributed by atoms with E-state index in [0.29, 0.717) is 0 Å². The third-order valence-electron chi connectivity index (χ3n) is 2.08. The van der Waals surface area contributed by atoms with E-state index in [9.17, 15) is 18.0 Å². The normalized spacial score (nSPS) is 21.4. The van der Waals surface area contributed by atoms with Gasteiger partial charge in [0, 0.05) is 0 Å². The summed E-state index contributed by atoms with van der Waals surface area (Å²) in [6, 6.07) is 0.713. The quantitative estimate of drug-likeness (QED) is 0.467. The second-order valence-electron chi connectivity index (χ2n) is 3.15. The topological polar surface area (TPSA) is 128 Å². The molecule has 1 saturated heterocycles. The highest BCUT2D eigenvalue weighted by Crippen LogP contribution is 2.15. The van der Waals surface area contributed by atoms with Gasteiger partial charge < -0.3 is 5.32 Å². The summed E-state index contributed by atoms with van der Waals surface area (Å²) >= 11 is 0.996. The van der Waals surface area contributed by atoms with Crippen molar-refractivity contribution in [2.24, 2.45) is 0 Å². The lowest BCUT2D eigenvalue weighted by molar-refractivity contribution is -0.140. The number of β-lactam (4-membered cyclic amide) rings is 1. The van der Waals surface area contributed by atoms with E-state index in [1.807, 2.05) is 0 Å². The van der Waals surface area contributed by atoms with Gasteiger partial charge in [-0.05, 0) is 6.26 Å². The fraction of sp³-hybridized carbons (Fsp3) is 0.571. The zero-order chi connectivity index (χ0) is 13.2. The monoisotopic (exact) mass is 279 g/mol. The molecule has 1 fully saturated rings. The average Bonchev–Trinajstić information content (AvgIpc) is 2.23. The van der Waals surface area contributed by atoms with Crippen LogP contribution >= 0.6 is 11.8 Å². The summed E-state index contributed by atoms with van der Waals surface area (Å²) in [6.07, 6.45) is 1.56. The molecule has 8 nitrogen and oxygen atoms in total. The van der Waals surface area contributed by atoms with Crippen molar-refractivity contribution in [1.82, 2.24) is 9.62 Å². The number of carbonyl (C=O) groups excluding carboxylic acids is 2. The molecular formula is C7H9N3O5S2. The van der Waals surface area contributed by atoms with Gasteiger partial charge in [0.15, 0.2) is 5.25 Å². The molecular weight excluding hydrogens is 270 g/mol. The van der Waals surface area contributed by atoms with Crippen LogP contribution in [0.1, 0.15) is 0 Å². The van der Waals surface area contributed by atoms with E-state index in [1.54, 1.807) is 12.3 Å². The Balaban J connectivity index is 2.57. The number of thioether (sulfide) groups is 1. The number of amides is 2. The number of hydrogen-bond donors (Lipinski definition) is 2. The lowest BCUT2D eigenvalue weighted by Crippen LogP contribution is -2.65. The van der Waals surface area contributed by atoms with Gasteiger partial charge in [0.25, 0.3) is 5.91 Å². The van der Waals surface area contributed by atoms with Crippen molar-refractivity contribution in [3.63, 3.8) is 0 Å². The van der Waals surface area contributed by atoms with Crippen LogP contribution in [0.3, 0.4) is 0 Å². The van der Waals surface area contributed by atoms with Crippen LogP contribution in [0.4, 0.5) is 0 Å². The van der Waals surface area contributed by atoms with Crippen LogP contribution in [0, 0.1) is 11.3 Å². The van der Waals surface area contributed by atoms with Gasteiger partial charge >= 0.3 is 10.3 Å². The van der Waals surface area contributed by atoms with Gasteiger partial charge in [0.05, 0.1) is 12.6 Å². The molecule has 0 bridgehead atoms. The molecule has 1 heterocycles. The molecule has 17 heavy (non-hydrogen) atoms. The van der Waals surface area contributed by atoms with Crippen molar-refractivity contribution in [1.29, 1.82) is 5.26 Å². The standard InChI is InChI=1S/C7H9N3O5S2/c1-16-5(2-8)6(11)9-4-3-10(7(4)12)17(13,14)15/h4-5H,3H2,1H3,(H,9,11)(H,13,14,15). The van der Waals surface area contributed by atoms with Crippen LogP contribution in [0.5, 0.6) is 0 Å². The Bertz CT molecular complexity index is 482. The van der Waals surface area contributed by atoms with Crippen molar-refractivity contribution in [2.45, 2.75) is 11.3 Å². The van der Waals surface area contributed by atoms with Crippen LogP contribution in [-0.4, -0.2) is 53.2 Å². The molecule has 2 N–H and O–H groups in total. The zero-order valence-electron chi connectivity index (χ0n) is 8.65. The predicted octanol–water partition coefficient (Wildman–Crippen LogP) is -1.63. The van der Waals surface area contributed by atoms with Crippen molar-refractivity contribution in [3.8, 4) is 6.07 Å². The smallest absolute Gasteiger partial charge is 0.341 e. The summed E-state index contributed by atoms with van der Waals surface area (Å²) in [7, 11) is -4.55. The van der Waals surface area contributed by atoms with Gasteiger partial charge in [-0.25, -0.2) is 4.31 Å². The molecule has 0 aliphatic carbocycles. The van der Waals surface area contributed by atoms with Crippen molar-refractivity contribution in [2.75, 3.05) is 12.8 Å². The van der Waals surface area contributed by atoms with Crippen molar-refractivity contribution in [3.05, 3.63) is 0 Å². The van der Waals surface area contributed by atoms with Crippen molar-refractivity contribution < 1.29 is 22.6 Å². The molecule has 1 aliphatic heterocycles. The first kappa shape index (κ1) is 13.8. The Kier molecular flexibility index (Phi) is 3.97. The third kappa shape index (κ3) is 2.87. The number of nitrogens with zero attached hydrogens (tertiary/aromatic N) is 2. The summed E-state index contributed by atoms with van der Waals surface area (Å²) in [5.74, 6) is -1.58. The minimum atomic E-state index is -4.55. The molecule has 2 amide bonds. The Morgan fingerprint density at radius 3 is 2.71 bits per heavy atom. The zero-order valence-corrected chi connectivity index (χ0v) is 10.3. The molecule has 0 aromatic carbocycles. The molecule has 1 aliphatic rings. The molecule has 1 rings (SSSR count). The predicted molar refractivity (Wildman–Crippen MR) is 58.1 cm³/mol. The molecule has 0 spiro atoms. The number of hydrogen-bond acceptors (Lipinski definition) is 6. The largest absolute Gasteiger partial charge is 0.362 e. The van der Waals surface area contributed by atoms with E-state index < -0.39 is 33.4 Å². The maximum absolute atomic E-state index is 11.4. The highest BCUT2D eigenvalue weighted by Gasteiger charge is 2.44. The first-order valence-electron chi connectivity index (χ1n) is 4.33. The van der Waals surface area contributed by atoms with Crippen LogP contribution in [0.25, 0.3) is 0 Å². The maximum Gasteiger partial charge on any atom is 0.362 e. The fourth-order valence-corrected chi connectivity index (χ4v) is 2.26. The van der Waals surface area contributed by atoms with Gasteiger partial charge in [-0.2, -0.15) is 13.7 Å². The fourth-order valence-electron chi connectivity index (χ4n) is 1.18. The first-order chi connectivity index (χ1) is 7.81. The van der Waals surface area contributed by atoms with Crippen LogP contribution < -0.4 is 5.32 Å². The molecule has 94 valence electrons. The number of carbonyl (C=O) groups is 2. The minimum Gasteiger partial charge on any atom is -0.341 e. The van der Waals surface area contributed by atoms with Gasteiger partial charge in [-0.15, -0.1) is 11.8 Å². The van der Waals surface area contributed by atoms with E-state index in [0.717, 1.165) is 11.8 Å². The van der Waals surface area contributed by atoms with E-state index in [-0.39, 0.29) is 10.8 Å². The minimum absolute atomic E-state index is 0.235. The van der Waals surface area contributed by atoms with Crippen LogP contribution in [0.2, 0.25) is 0 Å². The lowest BCUT2D eigenvalue weighted by atomic mass is 10.1. The summed E-state index contributed by atoms with van der Waals surface area (Å²) in [4.78, 5) is 22.6. The van der Waals surface area contributed by atoms with Gasteiger partial charge in [0.2, 0.25) is 5.91 Å². The molecule has 0 saturated carbocycles. The Hall–Kier alpha value is -1.31. The summed E-state index contributed by atoms with van der Waals surface area (Å²) in [6.45, 7) is -0.323. The molecule has 2 atom stereocenters. The molecule has 10 heteroatoms. The van der Waals surface area contributed by atoms with Crippen LogP contribution in [0.15, 0.2) is 0 Å². The number of rotatable bonds is 4. The second-order valence-corrected chi connectivity index (χ2v) is 5.43. The number of nitriles is 1. The Morgan fingerprint density at radius 2 is 2.35 bits per heavy atom. The molecule has 0 radical (unpaired) electrons. The van der Waals surface area contributed by atoms with Crippen LogP contribution in [-0.2, 0) is 19.9 Å². The second kappa shape index (κ2) is 4.91. The Morgan fingerprint density at radius 1 is 1.76 bits per heavy atom. The summed E-state index contributed by atoms with van der Waals surface area (Å²) < 4.78 is 30.0. The molecule has 0 aromatic heterocycles. The summed E-state index contributed by atoms with van der Waals surface area (Å²) in [5, 5.41) is 9.85.